The highest BCUT2D eigenvalue weighted by molar-refractivity contribution is 5.91. The van der Waals surface area contributed by atoms with Crippen molar-refractivity contribution in [1.82, 2.24) is 5.32 Å². The summed E-state index contributed by atoms with van der Waals surface area (Å²) in [5, 5.41) is 15.3. The van der Waals surface area contributed by atoms with Gasteiger partial charge in [0.2, 0.25) is 5.91 Å². The first-order valence-corrected chi connectivity index (χ1v) is 5.18. The molecule has 4 nitrogen and oxygen atoms in total. The average molecular weight is 218 g/mol. The topological polar surface area (TPSA) is 61.4 Å². The molecular weight excluding hydrogens is 204 g/mol. The number of aliphatic hydroxyl groups is 1. The van der Waals surface area contributed by atoms with Crippen molar-refractivity contribution in [2.75, 3.05) is 11.9 Å². The molecular formula is C12H14N2O2. The minimum atomic E-state index is -0.487. The van der Waals surface area contributed by atoms with Gasteiger partial charge in [-0.15, -0.1) is 0 Å². The lowest BCUT2D eigenvalue weighted by Crippen LogP contribution is -2.16. The second-order valence-electron chi connectivity index (χ2n) is 3.81. The molecule has 0 aliphatic carbocycles. The normalized spacial score (nSPS) is 16.6. The maximum absolute atomic E-state index is 11.0. The van der Waals surface area contributed by atoms with Gasteiger partial charge >= 0.3 is 0 Å². The Morgan fingerprint density at radius 2 is 2.31 bits per heavy atom. The molecule has 1 atom stereocenters. The van der Waals surface area contributed by atoms with Gasteiger partial charge in [-0.1, -0.05) is 12.1 Å². The van der Waals surface area contributed by atoms with Crippen LogP contribution in [-0.4, -0.2) is 17.6 Å². The van der Waals surface area contributed by atoms with Crippen LogP contribution in [-0.2, 0) is 4.79 Å². The van der Waals surface area contributed by atoms with E-state index in [-0.39, 0.29) is 5.91 Å². The molecule has 4 heteroatoms. The molecule has 1 aliphatic rings. The molecule has 1 aliphatic heterocycles. The van der Waals surface area contributed by atoms with Crippen molar-refractivity contribution in [1.29, 1.82) is 0 Å². The van der Waals surface area contributed by atoms with Gasteiger partial charge in [0.05, 0.1) is 12.6 Å². The van der Waals surface area contributed by atoms with Gasteiger partial charge < -0.3 is 15.7 Å². The fourth-order valence-electron chi connectivity index (χ4n) is 1.58. The molecule has 16 heavy (non-hydrogen) atoms. The summed E-state index contributed by atoms with van der Waals surface area (Å²) in [6.45, 7) is 2.25. The number of hydrogen-bond acceptors (Lipinski definition) is 3. The minimum absolute atomic E-state index is 0.0748. The number of hydrogen-bond donors (Lipinski definition) is 3. The molecule has 1 aromatic rings. The van der Waals surface area contributed by atoms with E-state index in [1.54, 1.807) is 6.92 Å². The maximum atomic E-state index is 11.0. The molecule has 0 fully saturated rings. The monoisotopic (exact) mass is 218 g/mol. The molecule has 0 radical (unpaired) electrons. The van der Waals surface area contributed by atoms with E-state index >= 15 is 0 Å². The highest BCUT2D eigenvalue weighted by Gasteiger charge is 2.10. The third kappa shape index (κ3) is 2.41. The second-order valence-corrected chi connectivity index (χ2v) is 3.81. The van der Waals surface area contributed by atoms with Crippen LogP contribution in [0.1, 0.15) is 18.6 Å². The Morgan fingerprint density at radius 3 is 2.94 bits per heavy atom. The smallest absolute Gasteiger partial charge is 0.246 e. The van der Waals surface area contributed by atoms with Gasteiger partial charge in [0.1, 0.15) is 0 Å². The second kappa shape index (κ2) is 4.37. The maximum Gasteiger partial charge on any atom is 0.246 e. The third-order valence-corrected chi connectivity index (χ3v) is 2.43. The molecule has 1 amide bonds. The van der Waals surface area contributed by atoms with Crippen molar-refractivity contribution in [2.24, 2.45) is 0 Å². The molecule has 0 unspecified atom stereocenters. The number of rotatable bonds is 3. The van der Waals surface area contributed by atoms with Gasteiger partial charge in [0, 0.05) is 17.5 Å². The van der Waals surface area contributed by atoms with Crippen molar-refractivity contribution in [3.63, 3.8) is 0 Å². The zero-order valence-electron chi connectivity index (χ0n) is 9.03. The predicted molar refractivity (Wildman–Crippen MR) is 61.8 cm³/mol. The standard InChI is InChI=1S/C12H14N2O2/c1-8(15)9-3-2-4-10(5-9)14-11-6-12(16)13-7-11/h2-6,8,14-15H,7H2,1H3,(H,13,16)/t8-/m0/s1. The predicted octanol–water partition coefficient (Wildman–Crippen LogP) is 1.17. The molecule has 0 bridgehead atoms. The summed E-state index contributed by atoms with van der Waals surface area (Å²) in [7, 11) is 0. The number of nitrogens with one attached hydrogen (secondary N) is 2. The lowest BCUT2D eigenvalue weighted by atomic mass is 10.1. The Hall–Kier alpha value is -1.81. The Labute approximate surface area is 94.0 Å². The Balaban J connectivity index is 2.13. The molecule has 84 valence electrons. The van der Waals surface area contributed by atoms with Gasteiger partial charge in [-0.05, 0) is 24.6 Å². The van der Waals surface area contributed by atoms with Crippen molar-refractivity contribution < 1.29 is 9.90 Å². The van der Waals surface area contributed by atoms with Crippen molar-refractivity contribution in [2.45, 2.75) is 13.0 Å². The molecule has 0 spiro atoms. The van der Waals surface area contributed by atoms with Crippen molar-refractivity contribution in [3.8, 4) is 0 Å². The summed E-state index contributed by atoms with van der Waals surface area (Å²) in [6.07, 6.45) is 1.05. The summed E-state index contributed by atoms with van der Waals surface area (Å²) in [5.74, 6) is -0.0748. The van der Waals surface area contributed by atoms with Crippen molar-refractivity contribution >= 4 is 11.6 Å². The lowest BCUT2D eigenvalue weighted by molar-refractivity contribution is -0.115. The summed E-state index contributed by atoms with van der Waals surface area (Å²) < 4.78 is 0. The highest BCUT2D eigenvalue weighted by Crippen LogP contribution is 2.18. The van der Waals surface area contributed by atoms with E-state index in [9.17, 15) is 9.90 Å². The van der Waals surface area contributed by atoms with E-state index in [4.69, 9.17) is 0 Å². The fourth-order valence-corrected chi connectivity index (χ4v) is 1.58. The number of carbonyl (C=O) groups is 1. The van der Waals surface area contributed by atoms with Crippen LogP contribution in [0.4, 0.5) is 5.69 Å². The molecule has 0 aromatic heterocycles. The minimum Gasteiger partial charge on any atom is -0.389 e. The average Bonchev–Trinajstić information content (AvgIpc) is 2.64. The third-order valence-electron chi connectivity index (χ3n) is 2.43. The first-order valence-electron chi connectivity index (χ1n) is 5.18. The molecule has 0 saturated heterocycles. The van der Waals surface area contributed by atoms with Crippen LogP contribution >= 0.6 is 0 Å². The van der Waals surface area contributed by atoms with Crippen molar-refractivity contribution in [3.05, 3.63) is 41.6 Å². The lowest BCUT2D eigenvalue weighted by Gasteiger charge is -2.10. The summed E-state index contributed by atoms with van der Waals surface area (Å²) >= 11 is 0. The summed E-state index contributed by atoms with van der Waals surface area (Å²) in [5.41, 5.74) is 2.57. The van der Waals surface area contributed by atoms with E-state index < -0.39 is 6.10 Å². The zero-order valence-corrected chi connectivity index (χ0v) is 9.03. The number of anilines is 1. The van der Waals surface area contributed by atoms with Crippen LogP contribution in [0, 0.1) is 0 Å². The Bertz CT molecular complexity index is 438. The summed E-state index contributed by atoms with van der Waals surface area (Å²) in [4.78, 5) is 11.0. The largest absolute Gasteiger partial charge is 0.389 e. The van der Waals surface area contributed by atoms with Crippen LogP contribution in [0.3, 0.4) is 0 Å². The van der Waals surface area contributed by atoms with Gasteiger partial charge in [0.25, 0.3) is 0 Å². The zero-order chi connectivity index (χ0) is 11.5. The first kappa shape index (κ1) is 10.7. The van der Waals surface area contributed by atoms with Crippen LogP contribution in [0.2, 0.25) is 0 Å². The fraction of sp³-hybridized carbons (Fsp3) is 0.250. The number of carbonyl (C=O) groups excluding carboxylic acids is 1. The van der Waals surface area contributed by atoms with Crippen LogP contribution in [0.15, 0.2) is 36.0 Å². The molecule has 1 aromatic carbocycles. The van der Waals surface area contributed by atoms with Gasteiger partial charge in [-0.2, -0.15) is 0 Å². The van der Waals surface area contributed by atoms with Crippen LogP contribution in [0.5, 0.6) is 0 Å². The van der Waals surface area contributed by atoms with Crippen LogP contribution < -0.4 is 10.6 Å². The Morgan fingerprint density at radius 1 is 1.50 bits per heavy atom. The van der Waals surface area contributed by atoms with Gasteiger partial charge in [-0.3, -0.25) is 4.79 Å². The molecule has 2 rings (SSSR count). The quantitative estimate of drug-likeness (QED) is 0.713. The molecule has 0 saturated carbocycles. The van der Waals surface area contributed by atoms with E-state index in [1.807, 2.05) is 24.3 Å². The van der Waals surface area contributed by atoms with Gasteiger partial charge in [0.15, 0.2) is 0 Å². The van der Waals surface area contributed by atoms with E-state index in [2.05, 4.69) is 10.6 Å². The van der Waals surface area contributed by atoms with Crippen LogP contribution in [0.25, 0.3) is 0 Å². The molecule has 3 N–H and O–H groups in total. The number of aliphatic hydroxyl groups excluding tert-OH is 1. The number of amides is 1. The SMILES string of the molecule is C[C@H](O)c1cccc(NC2=CC(=O)NC2)c1. The van der Waals surface area contributed by atoms with E-state index in [0.29, 0.717) is 6.54 Å². The number of benzene rings is 1. The van der Waals surface area contributed by atoms with E-state index in [0.717, 1.165) is 16.9 Å². The Kier molecular flexibility index (Phi) is 2.92. The molecule has 1 heterocycles. The summed E-state index contributed by atoms with van der Waals surface area (Å²) in [6, 6.07) is 7.50. The first-order chi connectivity index (χ1) is 7.65. The highest BCUT2D eigenvalue weighted by atomic mass is 16.3. The van der Waals surface area contributed by atoms with Gasteiger partial charge in [-0.25, -0.2) is 0 Å². The van der Waals surface area contributed by atoms with E-state index in [1.165, 1.54) is 6.08 Å².